The number of nitrogens with one attached hydrogen (secondary N) is 1. The maximum absolute atomic E-state index is 8.94. The van der Waals surface area contributed by atoms with Crippen LogP contribution < -0.4 is 5.32 Å². The first-order valence-electron chi connectivity index (χ1n) is 6.68. The molecule has 0 atom stereocenters. The van der Waals surface area contributed by atoms with Gasteiger partial charge in [-0.05, 0) is 50.5 Å². The van der Waals surface area contributed by atoms with Gasteiger partial charge in [-0.3, -0.25) is 0 Å². The topological polar surface area (TPSA) is 35.8 Å². The van der Waals surface area contributed by atoms with Crippen molar-refractivity contribution in [1.82, 2.24) is 0 Å². The number of hydrogen-bond acceptors (Lipinski definition) is 2. The highest BCUT2D eigenvalue weighted by molar-refractivity contribution is 9.10. The Morgan fingerprint density at radius 2 is 1.81 bits per heavy atom. The zero-order valence-corrected chi connectivity index (χ0v) is 12.9. The molecular weight excluding hydrogens is 324 g/mol. The Morgan fingerprint density at radius 3 is 2.62 bits per heavy atom. The van der Waals surface area contributed by atoms with Crippen LogP contribution >= 0.6 is 15.9 Å². The van der Waals surface area contributed by atoms with Gasteiger partial charge in [0.1, 0.15) is 6.07 Å². The molecule has 21 heavy (non-hydrogen) atoms. The van der Waals surface area contributed by atoms with Crippen LogP contribution in [0.4, 0.5) is 5.69 Å². The molecule has 0 aliphatic heterocycles. The summed E-state index contributed by atoms with van der Waals surface area (Å²) in [7, 11) is 0. The molecule has 3 aromatic rings. The summed E-state index contributed by atoms with van der Waals surface area (Å²) < 4.78 is 0.813. The summed E-state index contributed by atoms with van der Waals surface area (Å²) in [5, 5.41) is 14.9. The van der Waals surface area contributed by atoms with Crippen molar-refractivity contribution in [2.75, 3.05) is 5.32 Å². The fourth-order valence-corrected chi connectivity index (χ4v) is 2.83. The van der Waals surface area contributed by atoms with E-state index in [1.807, 2.05) is 18.2 Å². The second kappa shape index (κ2) is 5.99. The molecule has 0 aliphatic rings. The first kappa shape index (κ1) is 13.7. The maximum Gasteiger partial charge on any atom is 0.100 e. The van der Waals surface area contributed by atoms with Gasteiger partial charge in [-0.15, -0.1) is 0 Å². The van der Waals surface area contributed by atoms with Gasteiger partial charge in [-0.25, -0.2) is 0 Å². The lowest BCUT2D eigenvalue weighted by atomic mass is 10.0. The number of hydrogen-bond donors (Lipinski definition) is 1. The van der Waals surface area contributed by atoms with Gasteiger partial charge in [0.15, 0.2) is 0 Å². The normalized spacial score (nSPS) is 10.3. The molecule has 0 radical (unpaired) electrons. The molecule has 0 spiro atoms. The zero-order chi connectivity index (χ0) is 14.7. The highest BCUT2D eigenvalue weighted by Gasteiger charge is 2.02. The van der Waals surface area contributed by atoms with Crippen LogP contribution in [-0.2, 0) is 6.54 Å². The molecule has 1 N–H and O–H groups in total. The van der Waals surface area contributed by atoms with Crippen molar-refractivity contribution < 1.29 is 0 Å². The third-order valence-corrected chi connectivity index (χ3v) is 4.11. The summed E-state index contributed by atoms with van der Waals surface area (Å²) in [6.45, 7) is 0.750. The molecule has 0 heterocycles. The van der Waals surface area contributed by atoms with E-state index in [1.165, 1.54) is 16.3 Å². The lowest BCUT2D eigenvalue weighted by Crippen LogP contribution is -2.00. The van der Waals surface area contributed by atoms with Gasteiger partial charge >= 0.3 is 0 Å². The van der Waals surface area contributed by atoms with E-state index in [2.05, 4.69) is 69.8 Å². The Hall–Kier alpha value is -2.31. The van der Waals surface area contributed by atoms with Crippen molar-refractivity contribution in [3.63, 3.8) is 0 Å². The standard InChI is InChI=1S/C18H13BrN2/c19-18-10-16(9-8-14(18)11-20)21-12-15-6-3-5-13-4-1-2-7-17(13)15/h1-10,21H,12H2. The molecule has 0 bridgehead atoms. The van der Waals surface area contributed by atoms with E-state index >= 15 is 0 Å². The van der Waals surface area contributed by atoms with Crippen LogP contribution in [0.3, 0.4) is 0 Å². The molecule has 102 valence electrons. The minimum absolute atomic E-state index is 0.644. The Kier molecular flexibility index (Phi) is 3.89. The Balaban J connectivity index is 1.84. The van der Waals surface area contributed by atoms with Crippen LogP contribution in [-0.4, -0.2) is 0 Å². The predicted octanol–water partition coefficient (Wildman–Crippen LogP) is 5.09. The minimum atomic E-state index is 0.644. The number of rotatable bonds is 3. The second-order valence-electron chi connectivity index (χ2n) is 4.80. The number of halogens is 1. The molecule has 0 aliphatic carbocycles. The number of nitriles is 1. The first-order valence-corrected chi connectivity index (χ1v) is 7.47. The van der Waals surface area contributed by atoms with Crippen LogP contribution in [0.5, 0.6) is 0 Å². The summed E-state index contributed by atoms with van der Waals surface area (Å²) in [4.78, 5) is 0. The van der Waals surface area contributed by atoms with Gasteiger partial charge in [-0.1, -0.05) is 42.5 Å². The van der Waals surface area contributed by atoms with Gasteiger partial charge in [0, 0.05) is 16.7 Å². The van der Waals surface area contributed by atoms with Crippen LogP contribution in [0.25, 0.3) is 10.8 Å². The number of benzene rings is 3. The molecule has 0 amide bonds. The third-order valence-electron chi connectivity index (χ3n) is 3.45. The van der Waals surface area contributed by atoms with E-state index in [0.717, 1.165) is 16.7 Å². The SMILES string of the molecule is N#Cc1ccc(NCc2cccc3ccccc23)cc1Br. The molecule has 0 aromatic heterocycles. The van der Waals surface area contributed by atoms with Gasteiger partial charge in [0.2, 0.25) is 0 Å². The number of anilines is 1. The molecule has 0 saturated heterocycles. The Labute approximate surface area is 132 Å². The van der Waals surface area contributed by atoms with E-state index < -0.39 is 0 Å². The smallest absolute Gasteiger partial charge is 0.100 e. The number of fused-ring (bicyclic) bond motifs is 1. The largest absolute Gasteiger partial charge is 0.381 e. The predicted molar refractivity (Wildman–Crippen MR) is 90.1 cm³/mol. The van der Waals surface area contributed by atoms with Gasteiger partial charge in [0.05, 0.1) is 5.56 Å². The fourth-order valence-electron chi connectivity index (χ4n) is 2.36. The van der Waals surface area contributed by atoms with E-state index in [0.29, 0.717) is 5.56 Å². The van der Waals surface area contributed by atoms with Crippen molar-refractivity contribution in [3.8, 4) is 6.07 Å². The van der Waals surface area contributed by atoms with Crippen molar-refractivity contribution in [2.24, 2.45) is 0 Å². The quantitative estimate of drug-likeness (QED) is 0.723. The van der Waals surface area contributed by atoms with Crippen LogP contribution in [0.2, 0.25) is 0 Å². The molecule has 0 saturated carbocycles. The highest BCUT2D eigenvalue weighted by atomic mass is 79.9. The molecule has 3 aromatic carbocycles. The summed E-state index contributed by atoms with van der Waals surface area (Å²) in [6.07, 6.45) is 0. The average Bonchev–Trinajstić information content (AvgIpc) is 2.53. The van der Waals surface area contributed by atoms with E-state index in [4.69, 9.17) is 5.26 Å². The van der Waals surface area contributed by atoms with Crippen molar-refractivity contribution in [2.45, 2.75) is 6.54 Å². The van der Waals surface area contributed by atoms with E-state index in [9.17, 15) is 0 Å². The van der Waals surface area contributed by atoms with Crippen molar-refractivity contribution in [1.29, 1.82) is 5.26 Å². The van der Waals surface area contributed by atoms with Crippen molar-refractivity contribution >= 4 is 32.4 Å². The van der Waals surface area contributed by atoms with Crippen LogP contribution in [0.1, 0.15) is 11.1 Å². The monoisotopic (exact) mass is 336 g/mol. The molecule has 0 unspecified atom stereocenters. The summed E-state index contributed by atoms with van der Waals surface area (Å²) in [6, 6.07) is 22.5. The van der Waals surface area contributed by atoms with Crippen LogP contribution in [0, 0.1) is 11.3 Å². The zero-order valence-electron chi connectivity index (χ0n) is 11.3. The summed E-state index contributed by atoms with van der Waals surface area (Å²) in [5.41, 5.74) is 2.90. The van der Waals surface area contributed by atoms with Gasteiger partial charge < -0.3 is 5.32 Å². The van der Waals surface area contributed by atoms with E-state index in [-0.39, 0.29) is 0 Å². The molecule has 3 rings (SSSR count). The third kappa shape index (κ3) is 2.91. The fraction of sp³-hybridized carbons (Fsp3) is 0.0556. The maximum atomic E-state index is 8.94. The molecule has 0 fully saturated rings. The molecule has 3 heteroatoms. The lowest BCUT2D eigenvalue weighted by molar-refractivity contribution is 1.17. The Morgan fingerprint density at radius 1 is 1.00 bits per heavy atom. The first-order chi connectivity index (χ1) is 10.3. The molecular formula is C18H13BrN2. The van der Waals surface area contributed by atoms with Crippen molar-refractivity contribution in [3.05, 3.63) is 76.3 Å². The summed E-state index contributed by atoms with van der Waals surface area (Å²) in [5.74, 6) is 0. The second-order valence-corrected chi connectivity index (χ2v) is 5.65. The summed E-state index contributed by atoms with van der Waals surface area (Å²) >= 11 is 3.41. The lowest BCUT2D eigenvalue weighted by Gasteiger charge is -2.10. The van der Waals surface area contributed by atoms with Crippen LogP contribution in [0.15, 0.2) is 65.1 Å². The average molecular weight is 337 g/mol. The van der Waals surface area contributed by atoms with Gasteiger partial charge in [-0.2, -0.15) is 5.26 Å². The van der Waals surface area contributed by atoms with Gasteiger partial charge in [0.25, 0.3) is 0 Å². The number of nitrogens with zero attached hydrogens (tertiary/aromatic N) is 1. The highest BCUT2D eigenvalue weighted by Crippen LogP contribution is 2.23. The van der Waals surface area contributed by atoms with E-state index in [1.54, 1.807) is 0 Å². The molecule has 2 nitrogen and oxygen atoms in total. The minimum Gasteiger partial charge on any atom is -0.381 e. The Bertz CT molecular complexity index is 829.